The molecule has 0 saturated heterocycles. The summed E-state index contributed by atoms with van der Waals surface area (Å²) in [6, 6.07) is 0.160. The van der Waals surface area contributed by atoms with Crippen molar-refractivity contribution in [3.63, 3.8) is 0 Å². The highest BCUT2D eigenvalue weighted by atomic mass is 16.4. The van der Waals surface area contributed by atoms with Crippen molar-refractivity contribution >= 4 is 6.01 Å². The lowest BCUT2D eigenvalue weighted by Crippen LogP contribution is -1.80. The van der Waals surface area contributed by atoms with Gasteiger partial charge >= 0.3 is 0 Å². The van der Waals surface area contributed by atoms with Gasteiger partial charge in [-0.25, -0.2) is 9.97 Å². The molecule has 0 atom stereocenters. The van der Waals surface area contributed by atoms with Crippen LogP contribution in [-0.2, 0) is 0 Å². The Bertz CT molecular complexity index is 390. The molecule has 0 aliphatic heterocycles. The van der Waals surface area contributed by atoms with Crippen molar-refractivity contribution in [3.8, 4) is 11.5 Å². The molecule has 62 valence electrons. The van der Waals surface area contributed by atoms with Gasteiger partial charge in [0.1, 0.15) is 5.69 Å². The van der Waals surface area contributed by atoms with E-state index in [1.165, 1.54) is 0 Å². The maximum atomic E-state index is 5.32. The van der Waals surface area contributed by atoms with Crippen LogP contribution in [-0.4, -0.2) is 15.0 Å². The maximum absolute atomic E-state index is 5.32. The van der Waals surface area contributed by atoms with Crippen LogP contribution in [0.5, 0.6) is 0 Å². The minimum Gasteiger partial charge on any atom is -0.422 e. The highest BCUT2D eigenvalue weighted by molar-refractivity contribution is 5.54. The van der Waals surface area contributed by atoms with E-state index in [0.717, 1.165) is 11.4 Å². The number of nitrogens with zero attached hydrogens (tertiary/aromatic N) is 2. The molecule has 0 saturated carbocycles. The minimum atomic E-state index is 0.160. The van der Waals surface area contributed by atoms with Crippen LogP contribution in [0.25, 0.3) is 11.5 Å². The van der Waals surface area contributed by atoms with Crippen molar-refractivity contribution < 1.29 is 4.42 Å². The lowest BCUT2D eigenvalue weighted by molar-refractivity contribution is 0.592. The molecule has 0 spiro atoms. The van der Waals surface area contributed by atoms with Crippen LogP contribution in [0.15, 0.2) is 16.9 Å². The van der Waals surface area contributed by atoms with Crippen molar-refractivity contribution in [1.82, 2.24) is 15.0 Å². The van der Waals surface area contributed by atoms with Crippen molar-refractivity contribution in [1.29, 1.82) is 0 Å². The highest BCUT2D eigenvalue weighted by Crippen LogP contribution is 2.20. The Morgan fingerprint density at radius 2 is 2.33 bits per heavy atom. The summed E-state index contributed by atoms with van der Waals surface area (Å²) in [5.41, 5.74) is 7.00. The fourth-order valence-corrected chi connectivity index (χ4v) is 1.00. The molecule has 12 heavy (non-hydrogen) atoms. The predicted molar refractivity (Wildman–Crippen MR) is 43.2 cm³/mol. The lowest BCUT2D eigenvalue weighted by atomic mass is 10.3. The first-order valence-electron chi connectivity index (χ1n) is 3.49. The van der Waals surface area contributed by atoms with E-state index in [0.29, 0.717) is 5.76 Å². The standard InChI is InChI=1S/C7H8N4O/c1-4-6(11-3-10-4)5-2-9-7(8)12-5/h2-3H,1H3,(H2,8,9)(H,10,11). The second kappa shape index (κ2) is 2.37. The van der Waals surface area contributed by atoms with Crippen molar-refractivity contribution in [2.45, 2.75) is 6.92 Å². The number of imidazole rings is 1. The summed E-state index contributed by atoms with van der Waals surface area (Å²) in [4.78, 5) is 10.8. The molecule has 2 heterocycles. The summed E-state index contributed by atoms with van der Waals surface area (Å²) in [7, 11) is 0. The molecule has 2 aromatic heterocycles. The maximum Gasteiger partial charge on any atom is 0.292 e. The summed E-state index contributed by atoms with van der Waals surface area (Å²) in [6.45, 7) is 1.90. The average molecular weight is 164 g/mol. The first kappa shape index (κ1) is 6.90. The van der Waals surface area contributed by atoms with E-state index < -0.39 is 0 Å². The molecule has 2 rings (SSSR count). The zero-order valence-corrected chi connectivity index (χ0v) is 6.53. The van der Waals surface area contributed by atoms with Gasteiger partial charge in [-0.1, -0.05) is 0 Å². The van der Waals surface area contributed by atoms with Gasteiger partial charge in [-0.15, -0.1) is 0 Å². The van der Waals surface area contributed by atoms with Crippen molar-refractivity contribution in [3.05, 3.63) is 18.2 Å². The molecular formula is C7H8N4O. The van der Waals surface area contributed by atoms with E-state index in [9.17, 15) is 0 Å². The molecule has 0 aliphatic carbocycles. The largest absolute Gasteiger partial charge is 0.422 e. The Balaban J connectivity index is 2.50. The number of nitrogen functional groups attached to an aromatic ring is 1. The Labute approximate surface area is 68.6 Å². The summed E-state index contributed by atoms with van der Waals surface area (Å²) < 4.78 is 5.09. The zero-order chi connectivity index (χ0) is 8.55. The molecule has 0 bridgehead atoms. The third kappa shape index (κ3) is 0.952. The Kier molecular flexibility index (Phi) is 1.36. The van der Waals surface area contributed by atoms with Crippen molar-refractivity contribution in [2.24, 2.45) is 0 Å². The van der Waals surface area contributed by atoms with E-state index in [1.54, 1.807) is 12.5 Å². The van der Waals surface area contributed by atoms with Crippen LogP contribution < -0.4 is 5.73 Å². The van der Waals surface area contributed by atoms with Crippen LogP contribution in [0.2, 0.25) is 0 Å². The van der Waals surface area contributed by atoms with Gasteiger partial charge in [0.15, 0.2) is 5.76 Å². The molecule has 0 amide bonds. The number of oxazole rings is 1. The van der Waals surface area contributed by atoms with Crippen LogP contribution in [0, 0.1) is 6.92 Å². The number of aromatic nitrogens is 3. The monoisotopic (exact) mass is 164 g/mol. The van der Waals surface area contributed by atoms with Gasteiger partial charge in [0.2, 0.25) is 0 Å². The van der Waals surface area contributed by atoms with Crippen LogP contribution in [0.4, 0.5) is 6.01 Å². The molecular weight excluding hydrogens is 156 g/mol. The second-order valence-electron chi connectivity index (χ2n) is 2.44. The topological polar surface area (TPSA) is 80.7 Å². The summed E-state index contributed by atoms with van der Waals surface area (Å²) in [5.74, 6) is 0.589. The third-order valence-corrected chi connectivity index (χ3v) is 1.59. The molecule has 0 fully saturated rings. The SMILES string of the molecule is Cc1[nH]cnc1-c1cnc(N)o1. The van der Waals surface area contributed by atoms with E-state index in [1.807, 2.05) is 6.92 Å². The van der Waals surface area contributed by atoms with E-state index in [2.05, 4.69) is 15.0 Å². The number of nitrogens with one attached hydrogen (secondary N) is 1. The Hall–Kier alpha value is -1.78. The first-order valence-corrected chi connectivity index (χ1v) is 3.49. The lowest BCUT2D eigenvalue weighted by Gasteiger charge is -1.89. The number of nitrogens with two attached hydrogens (primary N) is 1. The summed E-state index contributed by atoms with van der Waals surface area (Å²) in [5, 5.41) is 0. The van der Waals surface area contributed by atoms with Gasteiger partial charge in [0, 0.05) is 5.69 Å². The van der Waals surface area contributed by atoms with Gasteiger partial charge < -0.3 is 15.1 Å². The normalized spacial score (nSPS) is 10.4. The summed E-state index contributed by atoms with van der Waals surface area (Å²) in [6.07, 6.45) is 3.15. The number of hydrogen-bond acceptors (Lipinski definition) is 4. The number of rotatable bonds is 1. The number of aryl methyl sites for hydroxylation is 1. The van der Waals surface area contributed by atoms with Crippen molar-refractivity contribution in [2.75, 3.05) is 5.73 Å². The Morgan fingerprint density at radius 1 is 1.50 bits per heavy atom. The van der Waals surface area contributed by atoms with Gasteiger partial charge in [0.25, 0.3) is 6.01 Å². The molecule has 2 aromatic rings. The first-order chi connectivity index (χ1) is 5.77. The smallest absolute Gasteiger partial charge is 0.292 e. The van der Waals surface area contributed by atoms with E-state index >= 15 is 0 Å². The number of anilines is 1. The summed E-state index contributed by atoms with van der Waals surface area (Å²) >= 11 is 0. The van der Waals surface area contributed by atoms with Gasteiger partial charge in [-0.05, 0) is 6.92 Å². The fraction of sp³-hybridized carbons (Fsp3) is 0.143. The van der Waals surface area contributed by atoms with Gasteiger partial charge in [0.05, 0.1) is 12.5 Å². The molecule has 5 heteroatoms. The van der Waals surface area contributed by atoms with Gasteiger partial charge in [-0.2, -0.15) is 0 Å². The van der Waals surface area contributed by atoms with Crippen LogP contribution >= 0.6 is 0 Å². The fourth-order valence-electron chi connectivity index (χ4n) is 1.00. The van der Waals surface area contributed by atoms with Gasteiger partial charge in [-0.3, -0.25) is 0 Å². The highest BCUT2D eigenvalue weighted by Gasteiger charge is 2.08. The van der Waals surface area contributed by atoms with Crippen LogP contribution in [0.3, 0.4) is 0 Å². The zero-order valence-electron chi connectivity index (χ0n) is 6.53. The third-order valence-electron chi connectivity index (χ3n) is 1.59. The molecule has 0 radical (unpaired) electrons. The Morgan fingerprint density at radius 3 is 2.83 bits per heavy atom. The predicted octanol–water partition coefficient (Wildman–Crippen LogP) is 0.955. The number of H-pyrrole nitrogens is 1. The average Bonchev–Trinajstić information content (AvgIpc) is 2.58. The molecule has 3 N–H and O–H groups in total. The van der Waals surface area contributed by atoms with E-state index in [4.69, 9.17) is 10.2 Å². The van der Waals surface area contributed by atoms with E-state index in [-0.39, 0.29) is 6.01 Å². The number of aromatic amines is 1. The quantitative estimate of drug-likeness (QED) is 0.657. The molecule has 0 unspecified atom stereocenters. The molecule has 0 aliphatic rings. The molecule has 0 aromatic carbocycles. The second-order valence-corrected chi connectivity index (χ2v) is 2.44. The number of hydrogen-bond donors (Lipinski definition) is 2. The molecule has 5 nitrogen and oxygen atoms in total. The minimum absolute atomic E-state index is 0.160. The van der Waals surface area contributed by atoms with Crippen LogP contribution in [0.1, 0.15) is 5.69 Å².